The number of amides is 1. The normalized spacial score (nSPS) is 18.9. The number of hydrogen-bond acceptors (Lipinski definition) is 4. The second-order valence-electron chi connectivity index (χ2n) is 4.52. The first-order chi connectivity index (χ1) is 10.3. The largest absolute Gasteiger partial charge is 0.573 e. The lowest BCUT2D eigenvalue weighted by Gasteiger charge is -2.30. The minimum absolute atomic E-state index is 0.0813. The van der Waals surface area contributed by atoms with E-state index >= 15 is 0 Å². The maximum atomic E-state index is 12.2. The molecular formula is C13H12F3NO5. The number of morpholine rings is 1. The molecule has 1 aromatic rings. The molecular weight excluding hydrogens is 307 g/mol. The summed E-state index contributed by atoms with van der Waals surface area (Å²) in [6, 6.07) is 4.43. The first-order valence-corrected chi connectivity index (χ1v) is 6.26. The molecule has 1 amide bonds. The second kappa shape index (κ2) is 6.22. The molecule has 1 unspecified atom stereocenters. The molecule has 0 saturated carbocycles. The zero-order chi connectivity index (χ0) is 16.3. The monoisotopic (exact) mass is 319 g/mol. The molecule has 1 N–H and O–H groups in total. The number of carbonyl (C=O) groups is 2. The molecule has 1 fully saturated rings. The number of benzene rings is 1. The van der Waals surface area contributed by atoms with E-state index in [-0.39, 0.29) is 25.3 Å². The van der Waals surface area contributed by atoms with Crippen LogP contribution in [0, 0.1) is 0 Å². The number of ether oxygens (including phenoxy) is 2. The predicted molar refractivity (Wildman–Crippen MR) is 66.4 cm³/mol. The Kier molecular flexibility index (Phi) is 4.55. The van der Waals surface area contributed by atoms with Gasteiger partial charge in [0.2, 0.25) is 0 Å². The molecule has 1 aliphatic heterocycles. The van der Waals surface area contributed by atoms with Crippen LogP contribution in [0.3, 0.4) is 0 Å². The van der Waals surface area contributed by atoms with E-state index in [0.29, 0.717) is 0 Å². The van der Waals surface area contributed by atoms with E-state index in [4.69, 9.17) is 9.84 Å². The summed E-state index contributed by atoms with van der Waals surface area (Å²) in [5, 5.41) is 8.87. The van der Waals surface area contributed by atoms with E-state index < -0.39 is 30.1 Å². The summed E-state index contributed by atoms with van der Waals surface area (Å²) in [4.78, 5) is 24.3. The molecule has 9 heteroatoms. The van der Waals surface area contributed by atoms with Crippen LogP contribution >= 0.6 is 0 Å². The van der Waals surface area contributed by atoms with Gasteiger partial charge in [-0.2, -0.15) is 0 Å². The average molecular weight is 319 g/mol. The fourth-order valence-corrected chi connectivity index (χ4v) is 1.96. The van der Waals surface area contributed by atoms with Crippen molar-refractivity contribution < 1.29 is 37.3 Å². The molecule has 6 nitrogen and oxygen atoms in total. The minimum atomic E-state index is -4.80. The van der Waals surface area contributed by atoms with Crippen molar-refractivity contribution >= 4 is 11.9 Å². The Bertz CT molecular complexity index is 558. The average Bonchev–Trinajstić information content (AvgIpc) is 2.46. The summed E-state index contributed by atoms with van der Waals surface area (Å²) in [6.45, 7) is 0.177. The van der Waals surface area contributed by atoms with E-state index in [0.717, 1.165) is 12.1 Å². The highest BCUT2D eigenvalue weighted by molar-refractivity contribution is 5.94. The lowest BCUT2D eigenvalue weighted by molar-refractivity contribution is -0.274. The van der Waals surface area contributed by atoms with Gasteiger partial charge in [0.25, 0.3) is 5.91 Å². The van der Waals surface area contributed by atoms with Gasteiger partial charge in [-0.1, -0.05) is 0 Å². The summed E-state index contributed by atoms with van der Waals surface area (Å²) >= 11 is 0. The van der Waals surface area contributed by atoms with Gasteiger partial charge in [-0.15, -0.1) is 13.2 Å². The molecule has 1 aliphatic rings. The van der Waals surface area contributed by atoms with Crippen LogP contribution in [0.2, 0.25) is 0 Å². The summed E-state index contributed by atoms with van der Waals surface area (Å²) in [5.41, 5.74) is 0.139. The van der Waals surface area contributed by atoms with E-state index in [2.05, 4.69) is 4.74 Å². The van der Waals surface area contributed by atoms with Crippen molar-refractivity contribution in [2.24, 2.45) is 0 Å². The van der Waals surface area contributed by atoms with Gasteiger partial charge in [0.05, 0.1) is 13.2 Å². The fraction of sp³-hybridized carbons (Fsp3) is 0.385. The van der Waals surface area contributed by atoms with Crippen molar-refractivity contribution in [3.8, 4) is 5.75 Å². The van der Waals surface area contributed by atoms with Crippen molar-refractivity contribution in [1.82, 2.24) is 4.90 Å². The van der Waals surface area contributed by atoms with Crippen LogP contribution < -0.4 is 4.74 Å². The molecule has 120 valence electrons. The molecule has 1 heterocycles. The molecule has 0 spiro atoms. The van der Waals surface area contributed by atoms with Gasteiger partial charge in [-0.3, -0.25) is 4.79 Å². The fourth-order valence-electron chi connectivity index (χ4n) is 1.96. The van der Waals surface area contributed by atoms with E-state index in [1.165, 1.54) is 17.0 Å². The van der Waals surface area contributed by atoms with Gasteiger partial charge in [0, 0.05) is 12.1 Å². The summed E-state index contributed by atoms with van der Waals surface area (Å²) < 4.78 is 44.8. The number of hydrogen-bond donors (Lipinski definition) is 1. The molecule has 0 bridgehead atoms. The zero-order valence-electron chi connectivity index (χ0n) is 11.2. The first kappa shape index (κ1) is 16.1. The maximum Gasteiger partial charge on any atom is 0.573 e. The number of rotatable bonds is 3. The number of halogens is 3. The first-order valence-electron chi connectivity index (χ1n) is 6.26. The SMILES string of the molecule is O=C(O)C1CN(C(=O)c2ccc(OC(F)(F)F)cc2)CCO1. The molecule has 0 aliphatic carbocycles. The standard InChI is InChI=1S/C13H12F3NO5/c14-13(15,16)22-9-3-1-8(2-4-9)11(18)17-5-6-21-10(7-17)12(19)20/h1-4,10H,5-7H2,(H,19,20). The van der Waals surface area contributed by atoms with Crippen LogP contribution in [0.5, 0.6) is 5.75 Å². The molecule has 2 rings (SSSR count). The number of carbonyl (C=O) groups excluding carboxylic acids is 1. The molecule has 22 heavy (non-hydrogen) atoms. The van der Waals surface area contributed by atoms with Crippen molar-refractivity contribution in [2.45, 2.75) is 12.5 Å². The van der Waals surface area contributed by atoms with E-state index in [1.54, 1.807) is 0 Å². The van der Waals surface area contributed by atoms with Crippen LogP contribution in [-0.4, -0.2) is 54.0 Å². The molecule has 1 saturated heterocycles. The van der Waals surface area contributed by atoms with E-state index in [1.807, 2.05) is 0 Å². The highest BCUT2D eigenvalue weighted by atomic mass is 19.4. The Morgan fingerprint density at radius 3 is 2.45 bits per heavy atom. The quantitative estimate of drug-likeness (QED) is 0.914. The highest BCUT2D eigenvalue weighted by Gasteiger charge is 2.32. The third-order valence-electron chi connectivity index (χ3n) is 2.96. The second-order valence-corrected chi connectivity index (χ2v) is 4.52. The Morgan fingerprint density at radius 2 is 1.91 bits per heavy atom. The predicted octanol–water partition coefficient (Wildman–Crippen LogP) is 1.51. The van der Waals surface area contributed by atoms with Gasteiger partial charge in [-0.05, 0) is 24.3 Å². The smallest absolute Gasteiger partial charge is 0.479 e. The van der Waals surface area contributed by atoms with Crippen LogP contribution in [0.4, 0.5) is 13.2 Å². The summed E-state index contributed by atoms with van der Waals surface area (Å²) in [6.07, 6.45) is -5.91. The lowest BCUT2D eigenvalue weighted by Crippen LogP contribution is -2.48. The topological polar surface area (TPSA) is 76.1 Å². The van der Waals surface area contributed by atoms with Crippen LogP contribution in [-0.2, 0) is 9.53 Å². The lowest BCUT2D eigenvalue weighted by atomic mass is 10.1. The molecule has 1 atom stereocenters. The van der Waals surface area contributed by atoms with Gasteiger partial charge in [0.15, 0.2) is 6.10 Å². The van der Waals surface area contributed by atoms with Crippen LogP contribution in [0.25, 0.3) is 0 Å². The number of carboxylic acid groups (broad SMARTS) is 1. The summed E-state index contributed by atoms with van der Waals surface area (Å²) in [5.74, 6) is -2.09. The highest BCUT2D eigenvalue weighted by Crippen LogP contribution is 2.23. The van der Waals surface area contributed by atoms with Gasteiger partial charge in [-0.25, -0.2) is 4.79 Å². The number of nitrogens with zero attached hydrogens (tertiary/aromatic N) is 1. The van der Waals surface area contributed by atoms with Gasteiger partial charge in [0.1, 0.15) is 5.75 Å². The Labute approximate surface area is 123 Å². The Morgan fingerprint density at radius 1 is 1.27 bits per heavy atom. The van der Waals surface area contributed by atoms with Gasteiger partial charge >= 0.3 is 12.3 Å². The Hall–Kier alpha value is -2.29. The van der Waals surface area contributed by atoms with Crippen molar-refractivity contribution in [3.05, 3.63) is 29.8 Å². The zero-order valence-corrected chi connectivity index (χ0v) is 11.2. The van der Waals surface area contributed by atoms with Crippen molar-refractivity contribution in [1.29, 1.82) is 0 Å². The molecule has 1 aromatic carbocycles. The van der Waals surface area contributed by atoms with Crippen LogP contribution in [0.1, 0.15) is 10.4 Å². The Balaban J connectivity index is 2.05. The molecule has 0 radical (unpaired) electrons. The third kappa shape index (κ3) is 4.10. The van der Waals surface area contributed by atoms with Crippen molar-refractivity contribution in [3.63, 3.8) is 0 Å². The van der Waals surface area contributed by atoms with E-state index in [9.17, 15) is 22.8 Å². The number of alkyl halides is 3. The van der Waals surface area contributed by atoms with Crippen LogP contribution in [0.15, 0.2) is 24.3 Å². The van der Waals surface area contributed by atoms with Crippen molar-refractivity contribution in [2.75, 3.05) is 19.7 Å². The van der Waals surface area contributed by atoms with Gasteiger partial charge < -0.3 is 19.5 Å². The molecule has 0 aromatic heterocycles. The minimum Gasteiger partial charge on any atom is -0.479 e. The third-order valence-corrected chi connectivity index (χ3v) is 2.96. The summed E-state index contributed by atoms with van der Waals surface area (Å²) in [7, 11) is 0. The number of aliphatic carboxylic acids is 1. The number of carboxylic acids is 1. The maximum absolute atomic E-state index is 12.2.